The minimum absolute atomic E-state index is 0.123. The summed E-state index contributed by atoms with van der Waals surface area (Å²) in [6, 6.07) is 8.78. The van der Waals surface area contributed by atoms with Crippen LogP contribution in [0.3, 0.4) is 0 Å². The van der Waals surface area contributed by atoms with E-state index in [0.29, 0.717) is 17.9 Å². The highest BCUT2D eigenvalue weighted by Crippen LogP contribution is 2.44. The molecule has 3 atom stereocenters. The van der Waals surface area contributed by atoms with Gasteiger partial charge in [0.25, 0.3) is 0 Å². The molecule has 0 aliphatic heterocycles. The minimum atomic E-state index is -2.24. The molecule has 2 rings (SSSR count). The molecule has 0 heterocycles. The topological polar surface area (TPSA) is 12.0 Å². The summed E-state index contributed by atoms with van der Waals surface area (Å²) in [6.45, 7) is 2.23. The van der Waals surface area contributed by atoms with Crippen molar-refractivity contribution in [1.29, 1.82) is 0 Å². The molecule has 106 valence electrons. The summed E-state index contributed by atoms with van der Waals surface area (Å²) in [4.78, 5) is 0.932. The highest BCUT2D eigenvalue weighted by Gasteiger charge is 2.39. The van der Waals surface area contributed by atoms with Crippen LogP contribution in [0.2, 0.25) is 0 Å². The Labute approximate surface area is 118 Å². The van der Waals surface area contributed by atoms with E-state index in [4.69, 9.17) is 0 Å². The van der Waals surface area contributed by atoms with Crippen molar-refractivity contribution in [2.24, 2.45) is 5.92 Å². The molecule has 19 heavy (non-hydrogen) atoms. The van der Waals surface area contributed by atoms with Crippen molar-refractivity contribution >= 4 is 11.8 Å². The van der Waals surface area contributed by atoms with Crippen molar-refractivity contribution in [2.75, 3.05) is 12.8 Å². The zero-order valence-corrected chi connectivity index (χ0v) is 12.2. The van der Waals surface area contributed by atoms with E-state index in [-0.39, 0.29) is 5.75 Å². The smallest absolute Gasteiger partial charge is 0.247 e. The average molecular weight is 285 g/mol. The summed E-state index contributed by atoms with van der Waals surface area (Å²) in [5.74, 6) is 1.20. The van der Waals surface area contributed by atoms with E-state index in [0.717, 1.165) is 4.90 Å². The van der Waals surface area contributed by atoms with Crippen LogP contribution < -0.4 is 5.32 Å². The van der Waals surface area contributed by atoms with Crippen LogP contribution in [0.1, 0.15) is 31.2 Å². The van der Waals surface area contributed by atoms with Gasteiger partial charge in [0.2, 0.25) is 6.43 Å². The van der Waals surface area contributed by atoms with Crippen LogP contribution in [0, 0.1) is 5.92 Å². The summed E-state index contributed by atoms with van der Waals surface area (Å²) in [5.41, 5.74) is 1.35. The van der Waals surface area contributed by atoms with Crippen molar-refractivity contribution in [1.82, 2.24) is 5.32 Å². The molecule has 0 amide bonds. The zero-order valence-electron chi connectivity index (χ0n) is 11.4. The van der Waals surface area contributed by atoms with Gasteiger partial charge in [0, 0.05) is 10.9 Å². The molecule has 1 aliphatic rings. The second kappa shape index (κ2) is 6.71. The maximum absolute atomic E-state index is 12.1. The lowest BCUT2D eigenvalue weighted by Gasteiger charge is -2.45. The highest BCUT2D eigenvalue weighted by molar-refractivity contribution is 7.99. The normalized spacial score (nSPS) is 26.5. The first-order valence-electron chi connectivity index (χ1n) is 6.83. The third kappa shape index (κ3) is 3.48. The standard InChI is InChI=1S/C15H21F2NS/c1-3-12-13(8-14(12)18-2)10-4-6-11(7-5-10)19-9-15(16)17/h4-7,12-15,18H,3,8-9H2,1-2H3. The van der Waals surface area contributed by atoms with Crippen molar-refractivity contribution in [2.45, 2.75) is 43.0 Å². The molecule has 1 aromatic rings. The molecule has 0 bridgehead atoms. The fraction of sp³-hybridized carbons (Fsp3) is 0.600. The molecular formula is C15H21F2NS. The predicted octanol–water partition coefficient (Wildman–Crippen LogP) is 4.15. The second-order valence-corrected chi connectivity index (χ2v) is 6.17. The molecule has 0 radical (unpaired) electrons. The molecule has 0 spiro atoms. The Balaban J connectivity index is 1.95. The van der Waals surface area contributed by atoms with E-state index in [1.165, 1.54) is 30.2 Å². The van der Waals surface area contributed by atoms with Crippen molar-refractivity contribution in [3.63, 3.8) is 0 Å². The first-order valence-corrected chi connectivity index (χ1v) is 7.82. The van der Waals surface area contributed by atoms with Crippen LogP contribution in [0.5, 0.6) is 0 Å². The summed E-state index contributed by atoms with van der Waals surface area (Å²) in [5, 5.41) is 3.36. The fourth-order valence-electron chi connectivity index (χ4n) is 2.96. The van der Waals surface area contributed by atoms with E-state index >= 15 is 0 Å². The van der Waals surface area contributed by atoms with Crippen molar-refractivity contribution in [3.05, 3.63) is 29.8 Å². The molecule has 1 aromatic carbocycles. The average Bonchev–Trinajstić information content (AvgIpc) is 2.37. The van der Waals surface area contributed by atoms with Gasteiger partial charge in [0.1, 0.15) is 0 Å². The lowest BCUT2D eigenvalue weighted by molar-refractivity contribution is 0.169. The third-order valence-electron chi connectivity index (χ3n) is 4.07. The largest absolute Gasteiger partial charge is 0.317 e. The second-order valence-electron chi connectivity index (χ2n) is 5.08. The summed E-state index contributed by atoms with van der Waals surface area (Å²) < 4.78 is 24.3. The van der Waals surface area contributed by atoms with Gasteiger partial charge in [-0.25, -0.2) is 8.78 Å². The highest BCUT2D eigenvalue weighted by atomic mass is 32.2. The molecule has 4 heteroatoms. The summed E-state index contributed by atoms with van der Waals surface area (Å²) >= 11 is 1.22. The van der Waals surface area contributed by atoms with Crippen LogP contribution in [0.4, 0.5) is 8.78 Å². The molecule has 0 aromatic heterocycles. The number of rotatable bonds is 6. The maximum Gasteiger partial charge on any atom is 0.247 e. The van der Waals surface area contributed by atoms with Gasteiger partial charge in [-0.05, 0) is 43.0 Å². The van der Waals surface area contributed by atoms with Gasteiger partial charge in [-0.1, -0.05) is 25.5 Å². The number of halogens is 2. The van der Waals surface area contributed by atoms with Gasteiger partial charge >= 0.3 is 0 Å². The minimum Gasteiger partial charge on any atom is -0.317 e. The molecule has 3 unspecified atom stereocenters. The first-order chi connectivity index (χ1) is 9.15. The fourth-order valence-corrected chi connectivity index (χ4v) is 3.61. The SMILES string of the molecule is CCC1C(NC)CC1c1ccc(SCC(F)F)cc1. The molecule has 1 aliphatic carbocycles. The number of thioether (sulfide) groups is 1. The maximum atomic E-state index is 12.1. The molecule has 1 saturated carbocycles. The van der Waals surface area contributed by atoms with Crippen LogP contribution >= 0.6 is 11.8 Å². The Morgan fingerprint density at radius 3 is 2.53 bits per heavy atom. The van der Waals surface area contributed by atoms with Crippen molar-refractivity contribution in [3.8, 4) is 0 Å². The summed E-state index contributed by atoms with van der Waals surface area (Å²) in [6.07, 6.45) is 0.119. The molecule has 1 N–H and O–H groups in total. The number of hydrogen-bond acceptors (Lipinski definition) is 2. The molecule has 1 nitrogen and oxygen atoms in total. The third-order valence-corrected chi connectivity index (χ3v) is 5.09. The van der Waals surface area contributed by atoms with Gasteiger partial charge in [-0.15, -0.1) is 11.8 Å². The quantitative estimate of drug-likeness (QED) is 0.788. The Kier molecular flexibility index (Phi) is 5.22. The Morgan fingerprint density at radius 2 is 2.00 bits per heavy atom. The monoisotopic (exact) mass is 285 g/mol. The van der Waals surface area contributed by atoms with Gasteiger partial charge in [0.05, 0.1) is 5.75 Å². The lowest BCUT2D eigenvalue weighted by Crippen LogP contribution is -2.47. The predicted molar refractivity (Wildman–Crippen MR) is 77.2 cm³/mol. The van der Waals surface area contributed by atoms with E-state index in [9.17, 15) is 8.78 Å². The number of benzene rings is 1. The van der Waals surface area contributed by atoms with Gasteiger partial charge in [-0.3, -0.25) is 0 Å². The Bertz CT molecular complexity index is 394. The van der Waals surface area contributed by atoms with E-state index in [1.807, 2.05) is 19.2 Å². The molecule has 0 saturated heterocycles. The molecule has 1 fully saturated rings. The number of hydrogen-bond donors (Lipinski definition) is 1. The van der Waals surface area contributed by atoms with Gasteiger partial charge in [-0.2, -0.15) is 0 Å². The van der Waals surface area contributed by atoms with E-state index in [2.05, 4.69) is 24.4 Å². The molecular weight excluding hydrogens is 264 g/mol. The van der Waals surface area contributed by atoms with E-state index in [1.54, 1.807) is 0 Å². The van der Waals surface area contributed by atoms with E-state index < -0.39 is 6.43 Å². The summed E-state index contributed by atoms with van der Waals surface area (Å²) in [7, 11) is 2.02. The van der Waals surface area contributed by atoms with Gasteiger partial charge in [0.15, 0.2) is 0 Å². The zero-order chi connectivity index (χ0) is 13.8. The Morgan fingerprint density at radius 1 is 1.32 bits per heavy atom. The van der Waals surface area contributed by atoms with Crippen molar-refractivity contribution < 1.29 is 8.78 Å². The number of alkyl halides is 2. The van der Waals surface area contributed by atoms with Crippen LogP contribution in [-0.2, 0) is 0 Å². The first kappa shape index (κ1) is 14.8. The van der Waals surface area contributed by atoms with Crippen LogP contribution in [0.15, 0.2) is 29.2 Å². The lowest BCUT2D eigenvalue weighted by atomic mass is 9.65. The van der Waals surface area contributed by atoms with Gasteiger partial charge < -0.3 is 5.32 Å². The number of nitrogens with one attached hydrogen (secondary N) is 1. The van der Waals surface area contributed by atoms with Crippen LogP contribution in [0.25, 0.3) is 0 Å². The van der Waals surface area contributed by atoms with Crippen LogP contribution in [-0.4, -0.2) is 25.3 Å². The Hall–Kier alpha value is -0.610.